The smallest absolute Gasteiger partial charge is 0.199 e. The molecule has 3 nitrogen and oxygen atoms in total. The van der Waals surface area contributed by atoms with Crippen LogP contribution in [-0.2, 0) is 0 Å². The van der Waals surface area contributed by atoms with Gasteiger partial charge in [-0.3, -0.25) is 4.48 Å². The van der Waals surface area contributed by atoms with Gasteiger partial charge in [-0.05, 0) is 77.7 Å². The minimum absolute atomic E-state index is 0. The van der Waals surface area contributed by atoms with Gasteiger partial charge in [0.25, 0.3) is 0 Å². The lowest BCUT2D eigenvalue weighted by Crippen LogP contribution is -3.00. The van der Waals surface area contributed by atoms with E-state index in [1.807, 2.05) is 0 Å². The van der Waals surface area contributed by atoms with Crippen LogP contribution >= 0.6 is 0 Å². The molecule has 0 radical (unpaired) electrons. The van der Waals surface area contributed by atoms with Crippen LogP contribution < -0.4 is 34.2 Å². The molecule has 2 aromatic carbocycles. The summed E-state index contributed by atoms with van der Waals surface area (Å²) < 4.78 is 3.01. The molecule has 0 aliphatic heterocycles. The van der Waals surface area contributed by atoms with Gasteiger partial charge in [0.1, 0.15) is 19.8 Å². The molecule has 0 atom stereocenters. The fourth-order valence-electron chi connectivity index (χ4n) is 3.57. The second kappa shape index (κ2) is 11.5. The van der Waals surface area contributed by atoms with Gasteiger partial charge >= 0.3 is 0 Å². The molecule has 0 unspecified atom stereocenters. The van der Waals surface area contributed by atoms with Crippen LogP contribution in [0.4, 0.5) is 11.4 Å². The van der Waals surface area contributed by atoms with Gasteiger partial charge in [-0.25, -0.2) is 4.58 Å². The van der Waals surface area contributed by atoms with Crippen LogP contribution in [0.2, 0.25) is 0 Å². The highest BCUT2D eigenvalue weighted by atomic mass is 35.5. The van der Waals surface area contributed by atoms with Gasteiger partial charge in [0.05, 0.1) is 20.6 Å². The van der Waals surface area contributed by atoms with Gasteiger partial charge in [0.15, 0.2) is 5.71 Å². The zero-order chi connectivity index (χ0) is 21.9. The summed E-state index contributed by atoms with van der Waals surface area (Å²) >= 11 is 0. The molecule has 0 saturated heterocycles. The molecule has 5 heteroatoms. The van der Waals surface area contributed by atoms with Crippen molar-refractivity contribution in [2.45, 2.75) is 6.92 Å². The largest absolute Gasteiger partial charge is 1.00 e. The third-order valence-electron chi connectivity index (χ3n) is 5.99. The first-order valence-corrected chi connectivity index (χ1v) is 10.6. The maximum Gasteiger partial charge on any atom is 0.199 e. The van der Waals surface area contributed by atoms with Gasteiger partial charge in [-0.1, -0.05) is 12.1 Å². The molecule has 3 rings (SSSR count). The van der Waals surface area contributed by atoms with E-state index in [0.29, 0.717) is 0 Å². The van der Waals surface area contributed by atoms with Crippen molar-refractivity contribution in [2.75, 3.05) is 53.7 Å². The average Bonchev–Trinajstić information content (AvgIpc) is 2.75. The Hall–Kier alpha value is -2.33. The van der Waals surface area contributed by atoms with Crippen molar-refractivity contribution in [3.05, 3.63) is 89.5 Å². The van der Waals surface area contributed by atoms with Gasteiger partial charge < -0.3 is 29.7 Å². The van der Waals surface area contributed by atoms with Crippen LogP contribution in [-0.4, -0.2) is 59.1 Å². The van der Waals surface area contributed by atoms with E-state index in [2.05, 4.69) is 132 Å². The van der Waals surface area contributed by atoms with Crippen molar-refractivity contribution in [3.8, 4) is 0 Å². The van der Waals surface area contributed by atoms with Gasteiger partial charge in [-0.15, -0.1) is 0 Å². The third kappa shape index (κ3) is 6.13. The minimum Gasteiger partial charge on any atom is -1.00 e. The molecule has 0 aromatic heterocycles. The zero-order valence-electron chi connectivity index (χ0n) is 20.2. The average molecular weight is 473 g/mol. The molecule has 0 saturated carbocycles. The summed E-state index contributed by atoms with van der Waals surface area (Å²) in [6, 6.07) is 17.9. The lowest BCUT2D eigenvalue weighted by Gasteiger charge is -2.28. The normalized spacial score (nSPS) is 12.7. The monoisotopic (exact) mass is 471 g/mol. The number of allylic oxidation sites excluding steroid dienone is 5. The zero-order valence-corrected chi connectivity index (χ0v) is 21.7. The quantitative estimate of drug-likeness (QED) is 0.400. The van der Waals surface area contributed by atoms with E-state index < -0.39 is 0 Å². The standard InChI is InChI=1S/C27H35N3.2ClH/c1-8-30(6,7)26-19-13-23(14-20-26)27(21-9-15-24(16-10-21)28(2)3)22-11-17-25(18-12-22)29(4)5;;/h9-20H,8H2,1-7H3;2*1H/q+2;;/p-2. The molecule has 1 aliphatic carbocycles. The van der Waals surface area contributed by atoms with E-state index in [0.717, 1.165) is 11.0 Å². The fraction of sp³-hybridized carbons (Fsp3) is 0.296. The van der Waals surface area contributed by atoms with Gasteiger partial charge in [-0.2, -0.15) is 0 Å². The van der Waals surface area contributed by atoms with Crippen molar-refractivity contribution >= 4 is 22.7 Å². The Labute approximate surface area is 206 Å². The van der Waals surface area contributed by atoms with Crippen LogP contribution in [0.3, 0.4) is 0 Å². The van der Waals surface area contributed by atoms with Crippen LogP contribution in [0.15, 0.2) is 78.4 Å². The van der Waals surface area contributed by atoms with Crippen molar-refractivity contribution in [1.29, 1.82) is 0 Å². The van der Waals surface area contributed by atoms with E-state index in [9.17, 15) is 0 Å². The predicted octanol–water partition coefficient (Wildman–Crippen LogP) is -1.01. The molecule has 0 N–H and O–H groups in total. The van der Waals surface area contributed by atoms with Crippen LogP contribution in [0.5, 0.6) is 0 Å². The maximum atomic E-state index is 2.27. The highest BCUT2D eigenvalue weighted by Gasteiger charge is 2.18. The first kappa shape index (κ1) is 27.7. The van der Waals surface area contributed by atoms with Gasteiger partial charge in [0, 0.05) is 31.9 Å². The van der Waals surface area contributed by atoms with Crippen molar-refractivity contribution in [1.82, 2.24) is 4.48 Å². The van der Waals surface area contributed by atoms with Crippen molar-refractivity contribution < 1.29 is 29.4 Å². The molecular formula is C27H35Cl2N3. The van der Waals surface area contributed by atoms with Crippen LogP contribution in [0, 0.1) is 0 Å². The number of hydrogen-bond acceptors (Lipinski definition) is 1. The first-order chi connectivity index (χ1) is 14.2. The fourth-order valence-corrected chi connectivity index (χ4v) is 3.57. The Kier molecular flexibility index (Phi) is 9.96. The van der Waals surface area contributed by atoms with Crippen molar-refractivity contribution in [2.24, 2.45) is 0 Å². The Balaban J connectivity index is 0.00000256. The van der Waals surface area contributed by atoms with E-state index in [4.69, 9.17) is 0 Å². The van der Waals surface area contributed by atoms with Gasteiger partial charge in [0.2, 0.25) is 0 Å². The lowest BCUT2D eigenvalue weighted by molar-refractivity contribution is -0.462. The number of rotatable bonds is 5. The highest BCUT2D eigenvalue weighted by Crippen LogP contribution is 2.32. The molecule has 1 aliphatic rings. The Morgan fingerprint density at radius 2 is 1.25 bits per heavy atom. The summed E-state index contributed by atoms with van der Waals surface area (Å²) in [4.78, 5) is 2.13. The maximum absolute atomic E-state index is 2.27. The Morgan fingerprint density at radius 3 is 1.66 bits per heavy atom. The van der Waals surface area contributed by atoms with E-state index in [1.165, 1.54) is 39.4 Å². The molecule has 0 amide bonds. The van der Waals surface area contributed by atoms with Crippen molar-refractivity contribution in [3.63, 3.8) is 0 Å². The Bertz CT molecular complexity index is 1000. The number of benzene rings is 2. The summed E-state index contributed by atoms with van der Waals surface area (Å²) in [5, 5.41) is 0. The summed E-state index contributed by atoms with van der Waals surface area (Å²) in [5.41, 5.74) is 8.71. The molecule has 32 heavy (non-hydrogen) atoms. The first-order valence-electron chi connectivity index (χ1n) is 10.6. The summed E-state index contributed by atoms with van der Waals surface area (Å²) in [6.07, 6.45) is 8.83. The van der Waals surface area contributed by atoms with E-state index in [-0.39, 0.29) is 24.8 Å². The molecule has 172 valence electrons. The van der Waals surface area contributed by atoms with E-state index in [1.54, 1.807) is 0 Å². The molecule has 0 bridgehead atoms. The number of anilines is 1. The summed E-state index contributed by atoms with van der Waals surface area (Å²) in [6.45, 7) is 3.29. The SMILES string of the molecule is CC[N+](C)(C)c1ccc(C(=C2C=CC(=[N+](C)C)C=C2)c2ccc(N(C)C)cc2)cc1.[Cl-].[Cl-]. The second-order valence-electron chi connectivity index (χ2n) is 8.81. The minimum atomic E-state index is 0. The summed E-state index contributed by atoms with van der Waals surface area (Å²) in [7, 11) is 12.8. The molecule has 0 heterocycles. The molecule has 0 fully saturated rings. The number of hydrogen-bond donors (Lipinski definition) is 0. The summed E-state index contributed by atoms with van der Waals surface area (Å²) in [5.74, 6) is 0. The van der Waals surface area contributed by atoms with Crippen LogP contribution in [0.25, 0.3) is 5.57 Å². The lowest BCUT2D eigenvalue weighted by atomic mass is 9.90. The third-order valence-corrected chi connectivity index (χ3v) is 5.99. The van der Waals surface area contributed by atoms with Crippen LogP contribution in [0.1, 0.15) is 18.1 Å². The number of quaternary nitrogens is 1. The number of nitrogens with zero attached hydrogens (tertiary/aromatic N) is 3. The van der Waals surface area contributed by atoms with E-state index >= 15 is 0 Å². The number of halogens is 2. The molecular weight excluding hydrogens is 437 g/mol. The highest BCUT2D eigenvalue weighted by molar-refractivity contribution is 6.04. The predicted molar refractivity (Wildman–Crippen MR) is 133 cm³/mol. The Morgan fingerprint density at radius 1 is 0.781 bits per heavy atom. The second-order valence-corrected chi connectivity index (χ2v) is 8.81. The molecule has 2 aromatic rings. The topological polar surface area (TPSA) is 6.25 Å². The molecule has 0 spiro atoms.